The van der Waals surface area contributed by atoms with Gasteiger partial charge in [0.25, 0.3) is 0 Å². The van der Waals surface area contributed by atoms with E-state index in [0.29, 0.717) is 21.6 Å². The van der Waals surface area contributed by atoms with Crippen LogP contribution in [0.3, 0.4) is 0 Å². The van der Waals surface area contributed by atoms with Crippen LogP contribution < -0.4 is 21.8 Å². The molecule has 18 heavy (non-hydrogen) atoms. The molecule has 2 aromatic rings. The lowest BCUT2D eigenvalue weighted by molar-refractivity contribution is 0.247. The van der Waals surface area contributed by atoms with Crippen molar-refractivity contribution in [3.63, 3.8) is 0 Å². The molecule has 0 radical (unpaired) electrons. The molecule has 3 rings (SSSR count). The van der Waals surface area contributed by atoms with Crippen LogP contribution >= 0.6 is 11.6 Å². The maximum atomic E-state index is 11.5. The zero-order valence-corrected chi connectivity index (χ0v) is 9.75. The van der Waals surface area contributed by atoms with Gasteiger partial charge in [0.15, 0.2) is 0 Å². The van der Waals surface area contributed by atoms with Gasteiger partial charge in [-0.15, -0.1) is 0 Å². The van der Waals surface area contributed by atoms with Gasteiger partial charge in [-0.2, -0.15) is 0 Å². The molecular formula is C11H8ClN3O3. The average molecular weight is 266 g/mol. The fourth-order valence-electron chi connectivity index (χ4n) is 1.89. The maximum Gasteiger partial charge on any atom is 0.336 e. The largest absolute Gasteiger partial charge is 0.423 e. The number of hydrogen-bond donors (Lipinski definition) is 3. The van der Waals surface area contributed by atoms with Gasteiger partial charge in [-0.25, -0.2) is 15.0 Å². The van der Waals surface area contributed by atoms with E-state index in [0.717, 1.165) is 0 Å². The molecule has 1 fully saturated rings. The van der Waals surface area contributed by atoms with Gasteiger partial charge in [0, 0.05) is 22.0 Å². The Labute approximate surface area is 106 Å². The molecule has 1 aromatic heterocycles. The highest BCUT2D eigenvalue weighted by atomic mass is 35.5. The summed E-state index contributed by atoms with van der Waals surface area (Å²) in [7, 11) is 0. The quantitative estimate of drug-likeness (QED) is 0.678. The molecule has 1 atom stereocenters. The van der Waals surface area contributed by atoms with Crippen molar-refractivity contribution in [2.45, 2.75) is 6.17 Å². The van der Waals surface area contributed by atoms with Crippen molar-refractivity contribution in [2.24, 2.45) is 0 Å². The van der Waals surface area contributed by atoms with Crippen molar-refractivity contribution in [1.29, 1.82) is 0 Å². The Bertz CT molecular complexity index is 697. The minimum atomic E-state index is -0.498. The Hall–Kier alpha value is -2.05. The minimum absolute atomic E-state index is 0.358. The summed E-state index contributed by atoms with van der Waals surface area (Å²) in [6, 6.07) is 5.90. The number of rotatable bonds is 1. The second kappa shape index (κ2) is 4.01. The van der Waals surface area contributed by atoms with Crippen molar-refractivity contribution in [1.82, 2.24) is 16.2 Å². The molecule has 1 aliphatic heterocycles. The number of fused-ring (bicyclic) bond motifs is 1. The Balaban J connectivity index is 2.23. The zero-order chi connectivity index (χ0) is 12.7. The molecule has 92 valence electrons. The van der Waals surface area contributed by atoms with E-state index < -0.39 is 11.8 Å². The zero-order valence-electron chi connectivity index (χ0n) is 8.99. The summed E-state index contributed by atoms with van der Waals surface area (Å²) in [6.45, 7) is 0. The van der Waals surface area contributed by atoms with Crippen LogP contribution in [0.25, 0.3) is 11.0 Å². The third kappa shape index (κ3) is 1.81. The van der Waals surface area contributed by atoms with Gasteiger partial charge < -0.3 is 9.73 Å². The Morgan fingerprint density at radius 3 is 2.78 bits per heavy atom. The Morgan fingerprint density at radius 1 is 1.22 bits per heavy atom. The summed E-state index contributed by atoms with van der Waals surface area (Å²) in [4.78, 5) is 22.6. The van der Waals surface area contributed by atoms with Crippen molar-refractivity contribution in [2.75, 3.05) is 0 Å². The number of carbonyl (C=O) groups is 1. The van der Waals surface area contributed by atoms with E-state index in [2.05, 4.69) is 16.2 Å². The van der Waals surface area contributed by atoms with Gasteiger partial charge in [-0.05, 0) is 18.2 Å². The first kappa shape index (κ1) is 11.1. The highest BCUT2D eigenvalue weighted by molar-refractivity contribution is 6.31. The first-order valence-electron chi connectivity index (χ1n) is 5.19. The standard InChI is InChI=1S/C11H8ClN3O3/c12-5-1-2-8-6(3-5)7(4-9(16)18-8)10-13-11(17)15-14-10/h1-4,10,14H,(H2,13,15,17). The SMILES string of the molecule is O=C1NNC(c2cc(=O)oc3ccc(Cl)cc23)N1. The van der Waals surface area contributed by atoms with E-state index in [-0.39, 0.29) is 6.03 Å². The van der Waals surface area contributed by atoms with Crippen molar-refractivity contribution in [3.8, 4) is 0 Å². The first-order chi connectivity index (χ1) is 8.63. The van der Waals surface area contributed by atoms with Gasteiger partial charge in [0.2, 0.25) is 0 Å². The Morgan fingerprint density at radius 2 is 2.06 bits per heavy atom. The minimum Gasteiger partial charge on any atom is -0.423 e. The maximum absolute atomic E-state index is 11.5. The molecule has 3 N–H and O–H groups in total. The topological polar surface area (TPSA) is 83.4 Å². The van der Waals surface area contributed by atoms with Crippen molar-refractivity contribution in [3.05, 3.63) is 45.3 Å². The third-order valence-electron chi connectivity index (χ3n) is 2.65. The molecule has 1 aromatic carbocycles. The molecular weight excluding hydrogens is 258 g/mol. The van der Waals surface area contributed by atoms with Gasteiger partial charge in [0.05, 0.1) is 0 Å². The predicted molar refractivity (Wildman–Crippen MR) is 65.0 cm³/mol. The smallest absolute Gasteiger partial charge is 0.336 e. The number of hydrogen-bond acceptors (Lipinski definition) is 4. The summed E-state index contributed by atoms with van der Waals surface area (Å²) in [6.07, 6.45) is -0.498. The monoisotopic (exact) mass is 265 g/mol. The van der Waals surface area contributed by atoms with E-state index in [1.165, 1.54) is 6.07 Å². The molecule has 7 heteroatoms. The number of carbonyl (C=O) groups excluding carboxylic acids is 1. The Kier molecular flexibility index (Phi) is 2.46. The van der Waals surface area contributed by atoms with Gasteiger partial charge >= 0.3 is 11.7 Å². The van der Waals surface area contributed by atoms with Crippen LogP contribution in [0, 0.1) is 0 Å². The molecule has 2 heterocycles. The number of halogens is 1. The van der Waals surface area contributed by atoms with Crippen molar-refractivity contribution < 1.29 is 9.21 Å². The number of urea groups is 1. The lowest BCUT2D eigenvalue weighted by Crippen LogP contribution is -2.27. The summed E-state index contributed by atoms with van der Waals surface area (Å²) in [5.74, 6) is 0. The van der Waals surface area contributed by atoms with Crippen LogP contribution in [0.1, 0.15) is 11.7 Å². The average Bonchev–Trinajstić information content (AvgIpc) is 2.75. The molecule has 1 saturated heterocycles. The molecule has 6 nitrogen and oxygen atoms in total. The molecule has 0 aliphatic carbocycles. The molecule has 0 saturated carbocycles. The van der Waals surface area contributed by atoms with Crippen LogP contribution in [0.2, 0.25) is 5.02 Å². The molecule has 1 unspecified atom stereocenters. The second-order valence-corrected chi connectivity index (χ2v) is 4.27. The lowest BCUT2D eigenvalue weighted by atomic mass is 10.1. The number of nitrogens with one attached hydrogen (secondary N) is 3. The summed E-state index contributed by atoms with van der Waals surface area (Å²) >= 11 is 5.92. The molecule has 0 spiro atoms. The summed E-state index contributed by atoms with van der Waals surface area (Å²) in [5, 5.41) is 3.82. The first-order valence-corrected chi connectivity index (χ1v) is 5.56. The summed E-state index contributed by atoms with van der Waals surface area (Å²) in [5.41, 5.74) is 5.67. The van der Waals surface area contributed by atoms with Crippen LogP contribution in [-0.2, 0) is 0 Å². The predicted octanol–water partition coefficient (Wildman–Crippen LogP) is 1.26. The molecule has 0 bridgehead atoms. The van der Waals surface area contributed by atoms with Gasteiger partial charge in [0.1, 0.15) is 11.7 Å². The van der Waals surface area contributed by atoms with Gasteiger partial charge in [-0.1, -0.05) is 11.6 Å². The van der Waals surface area contributed by atoms with Crippen LogP contribution in [0.15, 0.2) is 33.5 Å². The van der Waals surface area contributed by atoms with E-state index in [1.807, 2.05) is 0 Å². The summed E-state index contributed by atoms with van der Waals surface area (Å²) < 4.78 is 5.07. The van der Waals surface area contributed by atoms with E-state index in [1.54, 1.807) is 18.2 Å². The fourth-order valence-corrected chi connectivity index (χ4v) is 2.07. The highest BCUT2D eigenvalue weighted by Gasteiger charge is 2.23. The molecule has 2 amide bonds. The fraction of sp³-hybridized carbons (Fsp3) is 0.0909. The van der Waals surface area contributed by atoms with Gasteiger partial charge in [-0.3, -0.25) is 5.43 Å². The van der Waals surface area contributed by atoms with Crippen LogP contribution in [0.5, 0.6) is 0 Å². The highest BCUT2D eigenvalue weighted by Crippen LogP contribution is 2.25. The number of benzene rings is 1. The lowest BCUT2D eigenvalue weighted by Gasteiger charge is -2.11. The normalized spacial score (nSPS) is 18.7. The van der Waals surface area contributed by atoms with Crippen LogP contribution in [0.4, 0.5) is 4.79 Å². The van der Waals surface area contributed by atoms with Crippen LogP contribution in [-0.4, -0.2) is 6.03 Å². The van der Waals surface area contributed by atoms with Crippen molar-refractivity contribution >= 4 is 28.6 Å². The van der Waals surface area contributed by atoms with E-state index in [4.69, 9.17) is 16.0 Å². The molecule has 1 aliphatic rings. The van der Waals surface area contributed by atoms with E-state index >= 15 is 0 Å². The number of hydrazine groups is 1. The number of amides is 2. The third-order valence-corrected chi connectivity index (χ3v) is 2.89. The van der Waals surface area contributed by atoms with E-state index in [9.17, 15) is 9.59 Å². The second-order valence-electron chi connectivity index (χ2n) is 3.84.